The molecule has 3 N–H and O–H groups in total. The fourth-order valence-corrected chi connectivity index (χ4v) is 2.58. The van der Waals surface area contributed by atoms with E-state index in [4.69, 9.17) is 9.47 Å². The van der Waals surface area contributed by atoms with Crippen LogP contribution in [0.1, 0.15) is 20.3 Å². The van der Waals surface area contributed by atoms with Crippen LogP contribution in [-0.2, 0) is 9.47 Å². The van der Waals surface area contributed by atoms with Gasteiger partial charge in [0.15, 0.2) is 12.1 Å². The number of rotatable bonds is 2. The van der Waals surface area contributed by atoms with Gasteiger partial charge in [0.1, 0.15) is 0 Å². The Balaban J connectivity index is 2.35. The predicted molar refractivity (Wildman–Crippen MR) is 53.0 cm³/mol. The van der Waals surface area contributed by atoms with Crippen molar-refractivity contribution in [3.8, 4) is 0 Å². The highest BCUT2D eigenvalue weighted by atomic mass is 16.8. The van der Waals surface area contributed by atoms with Crippen LogP contribution in [0.2, 0.25) is 0 Å². The normalized spacial score (nSPS) is 54.6. The molecule has 88 valence electrons. The maximum atomic E-state index is 9.99. The molecular weight excluding hydrogens is 198 g/mol. The lowest BCUT2D eigenvalue weighted by Gasteiger charge is -2.50. The maximum Gasteiger partial charge on any atom is 0.195 e. The topological polar surface area (TPSA) is 71.0 Å². The first kappa shape index (κ1) is 11.3. The molecule has 0 aromatic heterocycles. The number of hydrogen-bond acceptors (Lipinski definition) is 5. The van der Waals surface area contributed by atoms with Gasteiger partial charge >= 0.3 is 0 Å². The van der Waals surface area contributed by atoms with Crippen LogP contribution in [0, 0.1) is 5.41 Å². The van der Waals surface area contributed by atoms with Crippen molar-refractivity contribution in [3.63, 3.8) is 0 Å². The maximum absolute atomic E-state index is 9.99. The minimum atomic E-state index is -1.01. The zero-order valence-electron chi connectivity index (χ0n) is 9.41. The summed E-state index contributed by atoms with van der Waals surface area (Å²) in [5.74, 6) is -1.01. The van der Waals surface area contributed by atoms with Crippen molar-refractivity contribution >= 4 is 0 Å². The van der Waals surface area contributed by atoms with E-state index in [-0.39, 0.29) is 12.0 Å². The van der Waals surface area contributed by atoms with E-state index in [1.54, 1.807) is 7.05 Å². The smallest absolute Gasteiger partial charge is 0.195 e. The van der Waals surface area contributed by atoms with Crippen LogP contribution >= 0.6 is 0 Å². The first-order valence-electron chi connectivity index (χ1n) is 5.21. The van der Waals surface area contributed by atoms with Gasteiger partial charge in [-0.1, -0.05) is 6.92 Å². The van der Waals surface area contributed by atoms with Crippen LogP contribution in [0.15, 0.2) is 0 Å². The van der Waals surface area contributed by atoms with Crippen LogP contribution in [-0.4, -0.2) is 48.1 Å². The number of hydrogen-bond donors (Lipinski definition) is 3. The monoisotopic (exact) mass is 217 g/mol. The van der Waals surface area contributed by atoms with Crippen molar-refractivity contribution in [2.75, 3.05) is 20.3 Å². The lowest BCUT2D eigenvalue weighted by molar-refractivity contribution is -0.324. The van der Waals surface area contributed by atoms with E-state index in [2.05, 4.69) is 5.32 Å². The second kappa shape index (κ2) is 3.15. The minimum absolute atomic E-state index is 0.223. The Bertz CT molecular complexity index is 274. The molecular formula is C10H19NO4. The highest BCUT2D eigenvalue weighted by Gasteiger charge is 2.64. The van der Waals surface area contributed by atoms with Crippen LogP contribution < -0.4 is 5.32 Å². The third-order valence-electron chi connectivity index (χ3n) is 4.15. The average Bonchev–Trinajstić information content (AvgIpc) is 2.53. The molecule has 2 aliphatic rings. The molecule has 15 heavy (non-hydrogen) atoms. The molecule has 2 fully saturated rings. The molecule has 2 heterocycles. The molecule has 5 nitrogen and oxygen atoms in total. The summed E-state index contributed by atoms with van der Waals surface area (Å²) < 4.78 is 10.9. The molecule has 2 aliphatic heterocycles. The van der Waals surface area contributed by atoms with E-state index in [1.807, 2.05) is 13.8 Å². The lowest BCUT2D eigenvalue weighted by Crippen LogP contribution is -2.67. The second-order valence-electron chi connectivity index (χ2n) is 5.02. The number of aliphatic hydroxyl groups is 2. The van der Waals surface area contributed by atoms with Gasteiger partial charge in [-0.05, 0) is 14.0 Å². The zero-order chi connectivity index (χ0) is 11.3. The third kappa shape index (κ3) is 1.28. The standard InChI is InChI=1S/C10H19NO4/c1-8-4-10(5-12,14-6-8)15-7(13)9(8,2)11-3/h7,11-13H,4-6H2,1-3H3. The number of ether oxygens (including phenoxy) is 2. The first-order chi connectivity index (χ1) is 6.91. The Morgan fingerprint density at radius 2 is 2.13 bits per heavy atom. The molecule has 5 heteroatoms. The van der Waals surface area contributed by atoms with Gasteiger partial charge in [-0.3, -0.25) is 0 Å². The fourth-order valence-electron chi connectivity index (χ4n) is 2.58. The molecule has 2 rings (SSSR count). The van der Waals surface area contributed by atoms with Gasteiger partial charge in [-0.25, -0.2) is 0 Å². The largest absolute Gasteiger partial charge is 0.391 e. The molecule has 0 aromatic carbocycles. The van der Waals surface area contributed by atoms with Crippen molar-refractivity contribution in [3.05, 3.63) is 0 Å². The number of fused-ring (bicyclic) bond motifs is 2. The highest BCUT2D eigenvalue weighted by molar-refractivity contribution is 5.10. The van der Waals surface area contributed by atoms with Gasteiger partial charge in [-0.2, -0.15) is 0 Å². The van der Waals surface area contributed by atoms with Crippen LogP contribution in [0.5, 0.6) is 0 Å². The molecule has 0 aromatic rings. The van der Waals surface area contributed by atoms with Crippen molar-refractivity contribution in [1.82, 2.24) is 5.32 Å². The third-order valence-corrected chi connectivity index (χ3v) is 4.15. The Morgan fingerprint density at radius 3 is 2.67 bits per heavy atom. The van der Waals surface area contributed by atoms with Crippen LogP contribution in [0.25, 0.3) is 0 Å². The summed E-state index contributed by atoms with van der Waals surface area (Å²) in [5.41, 5.74) is -0.787. The van der Waals surface area contributed by atoms with Crippen LogP contribution in [0.4, 0.5) is 0 Å². The van der Waals surface area contributed by atoms with E-state index in [9.17, 15) is 10.2 Å². The summed E-state index contributed by atoms with van der Waals surface area (Å²) in [7, 11) is 1.79. The fraction of sp³-hybridized carbons (Fsp3) is 1.00. The summed E-state index contributed by atoms with van der Waals surface area (Å²) in [4.78, 5) is 0. The van der Waals surface area contributed by atoms with Gasteiger partial charge in [0, 0.05) is 11.8 Å². The van der Waals surface area contributed by atoms with E-state index in [0.29, 0.717) is 13.0 Å². The first-order valence-corrected chi connectivity index (χ1v) is 5.21. The van der Waals surface area contributed by atoms with Crippen molar-refractivity contribution in [2.45, 2.75) is 37.9 Å². The van der Waals surface area contributed by atoms with E-state index < -0.39 is 17.6 Å². The second-order valence-corrected chi connectivity index (χ2v) is 5.02. The Labute approximate surface area is 89.4 Å². The molecule has 0 aliphatic carbocycles. The number of likely N-dealkylation sites (N-methyl/N-ethyl adjacent to an activating group) is 1. The molecule has 0 radical (unpaired) electrons. The summed E-state index contributed by atoms with van der Waals surface area (Å²) in [6, 6.07) is 0. The zero-order valence-corrected chi connectivity index (χ0v) is 9.41. The molecule has 4 unspecified atom stereocenters. The highest BCUT2D eigenvalue weighted by Crippen LogP contribution is 2.53. The van der Waals surface area contributed by atoms with Gasteiger partial charge in [0.25, 0.3) is 0 Å². The molecule has 0 amide bonds. The number of aliphatic hydroxyl groups excluding tert-OH is 2. The van der Waals surface area contributed by atoms with E-state index in [1.165, 1.54) is 0 Å². The lowest BCUT2D eigenvalue weighted by atomic mass is 9.67. The van der Waals surface area contributed by atoms with Gasteiger partial charge in [0.2, 0.25) is 0 Å². The molecule has 0 spiro atoms. The molecule has 2 bridgehead atoms. The van der Waals surface area contributed by atoms with Crippen molar-refractivity contribution in [2.24, 2.45) is 5.41 Å². The SMILES string of the molecule is CNC1(C)C(O)OC2(CO)CC1(C)CO2. The van der Waals surface area contributed by atoms with Crippen molar-refractivity contribution < 1.29 is 19.7 Å². The quantitative estimate of drug-likeness (QED) is 0.578. The predicted octanol–water partition coefficient (Wildman–Crippen LogP) is -0.572. The Morgan fingerprint density at radius 1 is 1.47 bits per heavy atom. The Hall–Kier alpha value is -0.200. The van der Waals surface area contributed by atoms with Crippen molar-refractivity contribution in [1.29, 1.82) is 0 Å². The summed E-state index contributed by atoms with van der Waals surface area (Å²) in [5, 5.41) is 22.4. The summed E-state index contributed by atoms with van der Waals surface area (Å²) in [6.07, 6.45) is -0.388. The van der Waals surface area contributed by atoms with Gasteiger partial charge in [0.05, 0.1) is 18.8 Å². The average molecular weight is 217 g/mol. The molecule has 2 saturated heterocycles. The molecule has 0 saturated carbocycles. The minimum Gasteiger partial charge on any atom is -0.391 e. The van der Waals surface area contributed by atoms with E-state index >= 15 is 0 Å². The number of nitrogens with one attached hydrogen (secondary N) is 1. The summed E-state index contributed by atoms with van der Waals surface area (Å²) >= 11 is 0. The molecule has 4 atom stereocenters. The van der Waals surface area contributed by atoms with Gasteiger partial charge < -0.3 is 25.0 Å². The van der Waals surface area contributed by atoms with Crippen LogP contribution in [0.3, 0.4) is 0 Å². The van der Waals surface area contributed by atoms with Gasteiger partial charge in [-0.15, -0.1) is 0 Å². The van der Waals surface area contributed by atoms with E-state index in [0.717, 1.165) is 0 Å². The summed E-state index contributed by atoms with van der Waals surface area (Å²) in [6.45, 7) is 4.20. The Kier molecular flexibility index (Phi) is 2.37.